The number of halogens is 1. The number of benzene rings is 3. The number of hydrogen-bond acceptors (Lipinski definition) is 6. The van der Waals surface area contributed by atoms with Crippen molar-refractivity contribution in [2.45, 2.75) is 6.54 Å². The average Bonchev–Trinajstić information content (AvgIpc) is 2.91. The van der Waals surface area contributed by atoms with Crippen LogP contribution in [-0.4, -0.2) is 75.5 Å². The lowest BCUT2D eigenvalue weighted by Crippen LogP contribution is -2.47. The van der Waals surface area contributed by atoms with Gasteiger partial charge in [-0.3, -0.25) is 14.5 Å². The summed E-state index contributed by atoms with van der Waals surface area (Å²) in [6.45, 7) is 3.28. The number of nitrogens with zero attached hydrogens (tertiary/aromatic N) is 2. The Kier molecular flexibility index (Phi) is 9.36. The second-order valence-corrected chi connectivity index (χ2v) is 11.8. The fourth-order valence-electron chi connectivity index (χ4n) is 4.37. The van der Waals surface area contributed by atoms with Crippen molar-refractivity contribution in [1.82, 2.24) is 14.5 Å². The Balaban J connectivity index is 1.34. The first-order valence-corrected chi connectivity index (χ1v) is 14.8. The lowest BCUT2D eigenvalue weighted by atomic mass is 10.0. The summed E-state index contributed by atoms with van der Waals surface area (Å²) in [6, 6.07) is 20.0. The Morgan fingerprint density at radius 3 is 2.13 bits per heavy atom. The fourth-order valence-corrected chi connectivity index (χ4v) is 5.42. The van der Waals surface area contributed by atoms with Gasteiger partial charge in [0.15, 0.2) is 0 Å². The molecule has 2 amide bonds. The Bertz CT molecular complexity index is 1420. The van der Waals surface area contributed by atoms with Gasteiger partial charge < -0.3 is 16.0 Å². The fraction of sp³-hybridized carbons (Fsp3) is 0.286. The molecule has 0 bridgehead atoms. The molecule has 0 aromatic heterocycles. The Morgan fingerprint density at radius 1 is 0.872 bits per heavy atom. The predicted molar refractivity (Wildman–Crippen MR) is 156 cm³/mol. The zero-order chi connectivity index (χ0) is 28.0. The molecule has 0 unspecified atom stereocenters. The molecule has 0 radical (unpaired) electrons. The molecule has 3 aromatic rings. The van der Waals surface area contributed by atoms with Gasteiger partial charge in [0.1, 0.15) is 0 Å². The number of anilines is 2. The number of sulfonamides is 1. The number of nitrogens with one attached hydrogen (secondary N) is 3. The molecule has 1 saturated heterocycles. The standard InChI is InChI=1S/C28H32ClN5O4S/c1-30-18-27(35)31-24-11-12-26(29)25(17-24)21-5-7-22(8-6-21)28(36)32-23-9-3-20(4-10-23)19-33-13-15-34(16-14-33)39(2,37)38/h3-12,17,30H,13-16,18-19H2,1-2H3,(H,31,35)(H,32,36). The number of rotatable bonds is 9. The molecule has 1 aliphatic rings. The van der Waals surface area contributed by atoms with Gasteiger partial charge in [0.2, 0.25) is 15.9 Å². The molecule has 0 spiro atoms. The first-order valence-electron chi connectivity index (χ1n) is 12.5. The Labute approximate surface area is 234 Å². The summed E-state index contributed by atoms with van der Waals surface area (Å²) in [7, 11) is -1.44. The van der Waals surface area contributed by atoms with Gasteiger partial charge in [0.05, 0.1) is 12.8 Å². The highest BCUT2D eigenvalue weighted by Crippen LogP contribution is 2.31. The summed E-state index contributed by atoms with van der Waals surface area (Å²) in [5, 5.41) is 9.09. The predicted octanol–water partition coefficient (Wildman–Crippen LogP) is 3.49. The minimum Gasteiger partial charge on any atom is -0.325 e. The zero-order valence-corrected chi connectivity index (χ0v) is 23.5. The molecule has 1 aliphatic heterocycles. The van der Waals surface area contributed by atoms with E-state index in [0.717, 1.165) is 23.2 Å². The van der Waals surface area contributed by atoms with Crippen LogP contribution in [0.2, 0.25) is 5.02 Å². The summed E-state index contributed by atoms with van der Waals surface area (Å²) in [6.07, 6.45) is 1.24. The van der Waals surface area contributed by atoms with E-state index in [4.69, 9.17) is 11.6 Å². The summed E-state index contributed by atoms with van der Waals surface area (Å²) in [4.78, 5) is 26.9. The van der Waals surface area contributed by atoms with E-state index in [1.807, 2.05) is 36.4 Å². The molecular formula is C28H32ClN5O4S. The summed E-state index contributed by atoms with van der Waals surface area (Å²) in [5.41, 5.74) is 4.48. The molecule has 1 fully saturated rings. The van der Waals surface area contributed by atoms with Gasteiger partial charge in [-0.1, -0.05) is 35.9 Å². The number of carbonyl (C=O) groups is 2. The van der Waals surface area contributed by atoms with E-state index >= 15 is 0 Å². The number of hydrogen-bond donors (Lipinski definition) is 3. The van der Waals surface area contributed by atoms with Crippen LogP contribution >= 0.6 is 11.6 Å². The molecule has 0 atom stereocenters. The molecule has 11 heteroatoms. The Morgan fingerprint density at radius 2 is 1.51 bits per heavy atom. The molecule has 39 heavy (non-hydrogen) atoms. The van der Waals surface area contributed by atoms with Crippen molar-refractivity contribution < 1.29 is 18.0 Å². The Hall–Kier alpha value is -3.28. The first kappa shape index (κ1) is 28.7. The molecule has 0 saturated carbocycles. The number of carbonyl (C=O) groups excluding carboxylic acids is 2. The van der Waals surface area contributed by atoms with E-state index in [2.05, 4.69) is 20.9 Å². The van der Waals surface area contributed by atoms with Crippen LogP contribution in [0.3, 0.4) is 0 Å². The third kappa shape index (κ3) is 7.87. The summed E-state index contributed by atoms with van der Waals surface area (Å²) < 4.78 is 24.9. The second kappa shape index (κ2) is 12.7. The van der Waals surface area contributed by atoms with Crippen LogP contribution in [0.25, 0.3) is 11.1 Å². The molecule has 0 aliphatic carbocycles. The van der Waals surface area contributed by atoms with Crippen LogP contribution in [0.1, 0.15) is 15.9 Å². The van der Waals surface area contributed by atoms with Crippen LogP contribution in [-0.2, 0) is 21.4 Å². The maximum absolute atomic E-state index is 12.8. The maximum Gasteiger partial charge on any atom is 0.255 e. The topological polar surface area (TPSA) is 111 Å². The minimum atomic E-state index is -3.14. The smallest absolute Gasteiger partial charge is 0.255 e. The van der Waals surface area contributed by atoms with Crippen LogP contribution in [0.4, 0.5) is 11.4 Å². The van der Waals surface area contributed by atoms with Crippen molar-refractivity contribution in [3.63, 3.8) is 0 Å². The van der Waals surface area contributed by atoms with E-state index < -0.39 is 10.0 Å². The van der Waals surface area contributed by atoms with Gasteiger partial charge in [-0.15, -0.1) is 0 Å². The molecular weight excluding hydrogens is 538 g/mol. The summed E-state index contributed by atoms with van der Waals surface area (Å²) >= 11 is 6.40. The van der Waals surface area contributed by atoms with E-state index in [0.29, 0.717) is 48.1 Å². The van der Waals surface area contributed by atoms with Gasteiger partial charge in [-0.2, -0.15) is 4.31 Å². The van der Waals surface area contributed by atoms with E-state index in [-0.39, 0.29) is 18.4 Å². The van der Waals surface area contributed by atoms with Gasteiger partial charge in [0, 0.05) is 60.2 Å². The second-order valence-electron chi connectivity index (χ2n) is 9.44. The first-order chi connectivity index (χ1) is 18.6. The largest absolute Gasteiger partial charge is 0.325 e. The molecule has 9 nitrogen and oxygen atoms in total. The molecule has 4 rings (SSSR count). The van der Waals surface area contributed by atoms with Gasteiger partial charge in [-0.05, 0) is 60.6 Å². The quantitative estimate of drug-likeness (QED) is 0.364. The third-order valence-electron chi connectivity index (χ3n) is 6.46. The monoisotopic (exact) mass is 569 g/mol. The zero-order valence-electron chi connectivity index (χ0n) is 21.9. The van der Waals surface area contributed by atoms with Crippen molar-refractivity contribution in [1.29, 1.82) is 0 Å². The normalized spacial score (nSPS) is 14.6. The van der Waals surface area contributed by atoms with Crippen LogP contribution in [0.5, 0.6) is 0 Å². The van der Waals surface area contributed by atoms with Crippen molar-refractivity contribution in [2.24, 2.45) is 0 Å². The van der Waals surface area contributed by atoms with Crippen molar-refractivity contribution in [3.8, 4) is 11.1 Å². The highest BCUT2D eigenvalue weighted by molar-refractivity contribution is 7.88. The van der Waals surface area contributed by atoms with Crippen molar-refractivity contribution in [3.05, 3.63) is 82.9 Å². The molecule has 3 aromatic carbocycles. The van der Waals surface area contributed by atoms with Gasteiger partial charge in [0.25, 0.3) is 5.91 Å². The van der Waals surface area contributed by atoms with Crippen molar-refractivity contribution >= 4 is 44.8 Å². The average molecular weight is 570 g/mol. The lowest BCUT2D eigenvalue weighted by molar-refractivity contribution is -0.115. The molecule has 3 N–H and O–H groups in total. The SMILES string of the molecule is CNCC(=O)Nc1ccc(Cl)c(-c2ccc(C(=O)Nc3ccc(CN4CCN(S(C)(=O)=O)CC4)cc3)cc2)c1. The van der Waals surface area contributed by atoms with Crippen LogP contribution in [0, 0.1) is 0 Å². The minimum absolute atomic E-state index is 0.154. The highest BCUT2D eigenvalue weighted by Gasteiger charge is 2.23. The molecule has 1 heterocycles. The van der Waals surface area contributed by atoms with Gasteiger partial charge in [-0.25, -0.2) is 8.42 Å². The summed E-state index contributed by atoms with van der Waals surface area (Å²) in [5.74, 6) is -0.386. The lowest BCUT2D eigenvalue weighted by Gasteiger charge is -2.33. The highest BCUT2D eigenvalue weighted by atomic mass is 35.5. The van der Waals surface area contributed by atoms with Gasteiger partial charge >= 0.3 is 0 Å². The van der Waals surface area contributed by atoms with E-state index in [1.54, 1.807) is 37.4 Å². The van der Waals surface area contributed by atoms with Crippen molar-refractivity contribution in [2.75, 3.05) is 56.7 Å². The van der Waals surface area contributed by atoms with E-state index in [1.165, 1.54) is 10.6 Å². The third-order valence-corrected chi connectivity index (χ3v) is 8.10. The van der Waals surface area contributed by atoms with E-state index in [9.17, 15) is 18.0 Å². The maximum atomic E-state index is 12.8. The van der Waals surface area contributed by atoms with Crippen LogP contribution < -0.4 is 16.0 Å². The number of piperazine rings is 1. The molecule has 206 valence electrons. The number of amides is 2. The van der Waals surface area contributed by atoms with Crippen LogP contribution in [0.15, 0.2) is 66.7 Å². The number of likely N-dealkylation sites (N-methyl/N-ethyl adjacent to an activating group) is 1.